The van der Waals surface area contributed by atoms with Crippen LogP contribution in [0.3, 0.4) is 0 Å². The third-order valence-corrected chi connectivity index (χ3v) is 6.11. The molecule has 14 heteroatoms. The minimum absolute atomic E-state index is 0.158. The van der Waals surface area contributed by atoms with Crippen molar-refractivity contribution in [2.45, 2.75) is 51.3 Å². The van der Waals surface area contributed by atoms with E-state index in [4.69, 9.17) is 4.42 Å². The van der Waals surface area contributed by atoms with E-state index in [1.165, 1.54) is 26.8 Å². The van der Waals surface area contributed by atoms with E-state index >= 15 is 0 Å². The Labute approximate surface area is 176 Å². The Morgan fingerprint density at radius 1 is 1.26 bits per heavy atom. The molecule has 10 nitrogen and oxygen atoms in total. The first-order valence-electron chi connectivity index (χ1n) is 9.02. The molecule has 2 aromatic heterocycles. The van der Waals surface area contributed by atoms with Crippen molar-refractivity contribution in [2.75, 3.05) is 5.32 Å². The molecular weight excluding hydrogens is 441 g/mol. The zero-order valence-electron chi connectivity index (χ0n) is 17.2. The third kappa shape index (κ3) is 5.57. The topological polar surface area (TPSA) is 133 Å². The summed E-state index contributed by atoms with van der Waals surface area (Å²) >= 11 is 0. The van der Waals surface area contributed by atoms with Gasteiger partial charge in [-0.05, 0) is 20.3 Å². The summed E-state index contributed by atoms with van der Waals surface area (Å²) < 4.78 is 70.5. The van der Waals surface area contributed by atoms with Gasteiger partial charge in [0, 0.05) is 6.92 Å². The number of halogens is 3. The van der Waals surface area contributed by atoms with Gasteiger partial charge >= 0.3 is 12.2 Å². The predicted molar refractivity (Wildman–Crippen MR) is 105 cm³/mol. The standard InChI is InChI=1S/C17H21F3N6O4S/c1-6-7-12(15(27)21-16-25-22-11(5)30-16)14-24-23-13(8-31(28,29)9(2)3)26(14)10(4)17(18,19)20/h7,9H,4,6,8H2,1-3,5H3,(H,21,25,27)/b12-7-. The number of anilines is 1. The summed E-state index contributed by atoms with van der Waals surface area (Å²) in [4.78, 5) is 12.7. The van der Waals surface area contributed by atoms with Crippen molar-refractivity contribution < 1.29 is 30.8 Å². The quantitative estimate of drug-likeness (QED) is 0.592. The number of sulfone groups is 1. The number of hydrogen-bond acceptors (Lipinski definition) is 8. The van der Waals surface area contributed by atoms with E-state index in [1.807, 2.05) is 0 Å². The smallest absolute Gasteiger partial charge is 0.408 e. The molecule has 0 aliphatic heterocycles. The first-order valence-corrected chi connectivity index (χ1v) is 10.7. The molecular formula is C17H21F3N6O4S. The number of carbonyl (C=O) groups excluding carboxylic acids is 1. The Kier molecular flexibility index (Phi) is 7.03. The fourth-order valence-electron chi connectivity index (χ4n) is 2.34. The van der Waals surface area contributed by atoms with Crippen molar-refractivity contribution in [2.24, 2.45) is 0 Å². The van der Waals surface area contributed by atoms with E-state index in [-0.39, 0.29) is 23.9 Å². The molecule has 0 aliphatic rings. The van der Waals surface area contributed by atoms with Crippen molar-refractivity contribution >= 4 is 33.0 Å². The van der Waals surface area contributed by atoms with Crippen LogP contribution >= 0.6 is 0 Å². The van der Waals surface area contributed by atoms with Gasteiger partial charge in [0.25, 0.3) is 5.91 Å². The number of rotatable bonds is 8. The molecule has 0 fully saturated rings. The average Bonchev–Trinajstić information content (AvgIpc) is 3.23. The Morgan fingerprint density at radius 2 is 1.90 bits per heavy atom. The number of nitrogens with one attached hydrogen (secondary N) is 1. The van der Waals surface area contributed by atoms with Gasteiger partial charge in [-0.3, -0.25) is 14.7 Å². The van der Waals surface area contributed by atoms with Gasteiger partial charge in [0.15, 0.2) is 21.5 Å². The molecule has 0 radical (unpaired) electrons. The van der Waals surface area contributed by atoms with Gasteiger partial charge in [-0.2, -0.15) is 13.2 Å². The highest BCUT2D eigenvalue weighted by molar-refractivity contribution is 7.91. The average molecular weight is 462 g/mol. The number of nitrogens with zero attached hydrogens (tertiary/aromatic N) is 5. The van der Waals surface area contributed by atoms with Gasteiger partial charge in [-0.1, -0.05) is 24.7 Å². The van der Waals surface area contributed by atoms with E-state index in [0.29, 0.717) is 4.57 Å². The van der Waals surface area contributed by atoms with Crippen LogP contribution in [0.5, 0.6) is 0 Å². The molecule has 0 saturated heterocycles. The number of hydrogen-bond donors (Lipinski definition) is 1. The number of aryl methyl sites for hydroxylation is 1. The molecule has 1 N–H and O–H groups in total. The first kappa shape index (κ1) is 24.2. The molecule has 2 heterocycles. The maximum atomic E-state index is 13.5. The number of allylic oxidation sites excluding steroid dienone is 2. The predicted octanol–water partition coefficient (Wildman–Crippen LogP) is 2.76. The van der Waals surface area contributed by atoms with Crippen LogP contribution in [0, 0.1) is 6.92 Å². The molecule has 0 spiro atoms. The summed E-state index contributed by atoms with van der Waals surface area (Å²) in [5.74, 6) is -2.60. The second kappa shape index (κ2) is 8.99. The molecule has 0 saturated carbocycles. The highest BCUT2D eigenvalue weighted by atomic mass is 32.2. The maximum Gasteiger partial charge on any atom is 0.431 e. The van der Waals surface area contributed by atoms with E-state index < -0.39 is 50.3 Å². The van der Waals surface area contributed by atoms with Gasteiger partial charge in [0.2, 0.25) is 5.89 Å². The van der Waals surface area contributed by atoms with Gasteiger partial charge in [0.05, 0.1) is 10.8 Å². The van der Waals surface area contributed by atoms with Crippen LogP contribution in [0.15, 0.2) is 17.1 Å². The minimum atomic E-state index is -4.94. The van der Waals surface area contributed by atoms with Gasteiger partial charge in [-0.15, -0.1) is 15.3 Å². The minimum Gasteiger partial charge on any atom is -0.408 e. The zero-order valence-corrected chi connectivity index (χ0v) is 18.0. The number of alkyl halides is 3. The van der Waals surface area contributed by atoms with Crippen LogP contribution in [0.1, 0.15) is 44.7 Å². The highest BCUT2D eigenvalue weighted by Gasteiger charge is 2.38. The molecule has 1 amide bonds. The molecule has 0 aliphatic carbocycles. The SMILES string of the molecule is C=C(n1c(CS(=O)(=O)C(C)C)nnc1/C(=C/CC)C(=O)Nc1nnc(C)o1)C(F)(F)F. The van der Waals surface area contributed by atoms with Gasteiger partial charge in [-0.25, -0.2) is 8.42 Å². The summed E-state index contributed by atoms with van der Waals surface area (Å²) in [5, 5.41) is 15.8. The summed E-state index contributed by atoms with van der Waals surface area (Å²) in [6.07, 6.45) is -3.38. The lowest BCUT2D eigenvalue weighted by Gasteiger charge is -2.17. The Balaban J connectivity index is 2.59. The summed E-state index contributed by atoms with van der Waals surface area (Å²) in [6.45, 7) is 8.92. The molecule has 2 rings (SSSR count). The molecule has 2 aromatic rings. The van der Waals surface area contributed by atoms with Crippen LogP contribution < -0.4 is 5.32 Å². The van der Waals surface area contributed by atoms with Crippen molar-refractivity contribution in [3.63, 3.8) is 0 Å². The Hall–Kier alpha value is -3.03. The van der Waals surface area contributed by atoms with E-state index in [9.17, 15) is 26.4 Å². The second-order valence-electron chi connectivity index (χ2n) is 6.68. The van der Waals surface area contributed by atoms with Crippen molar-refractivity contribution in [1.29, 1.82) is 0 Å². The van der Waals surface area contributed by atoms with Crippen LogP contribution in [0.4, 0.5) is 19.2 Å². The first-order chi connectivity index (χ1) is 14.3. The van der Waals surface area contributed by atoms with Crippen molar-refractivity contribution in [3.8, 4) is 0 Å². The van der Waals surface area contributed by atoms with Crippen molar-refractivity contribution in [3.05, 3.63) is 30.2 Å². The second-order valence-corrected chi connectivity index (χ2v) is 9.24. The summed E-state index contributed by atoms with van der Waals surface area (Å²) in [6, 6.07) is -0.271. The van der Waals surface area contributed by atoms with Crippen LogP contribution in [-0.4, -0.2) is 50.7 Å². The Bertz CT molecular complexity index is 1120. The zero-order chi connectivity index (χ0) is 23.6. The van der Waals surface area contributed by atoms with Crippen LogP contribution in [-0.2, 0) is 20.4 Å². The lowest BCUT2D eigenvalue weighted by molar-refractivity contribution is -0.111. The fourth-order valence-corrected chi connectivity index (χ4v) is 3.22. The molecule has 31 heavy (non-hydrogen) atoms. The number of amides is 1. The van der Waals surface area contributed by atoms with Crippen molar-refractivity contribution in [1.82, 2.24) is 25.0 Å². The molecule has 170 valence electrons. The monoisotopic (exact) mass is 462 g/mol. The Morgan fingerprint density at radius 3 is 2.39 bits per heavy atom. The summed E-state index contributed by atoms with van der Waals surface area (Å²) in [7, 11) is -3.83. The number of aromatic nitrogens is 5. The fraction of sp³-hybridized carbons (Fsp3) is 0.471. The maximum absolute atomic E-state index is 13.5. The molecule has 0 unspecified atom stereocenters. The largest absolute Gasteiger partial charge is 0.431 e. The normalized spacial score (nSPS) is 13.0. The molecule has 0 bridgehead atoms. The number of carbonyl (C=O) groups is 1. The summed E-state index contributed by atoms with van der Waals surface area (Å²) in [5.41, 5.74) is -1.74. The van der Waals surface area contributed by atoms with E-state index in [1.54, 1.807) is 6.92 Å². The van der Waals surface area contributed by atoms with Crippen LogP contribution in [0.25, 0.3) is 11.3 Å². The van der Waals surface area contributed by atoms with E-state index in [0.717, 1.165) is 0 Å². The lowest BCUT2D eigenvalue weighted by Crippen LogP contribution is -2.24. The van der Waals surface area contributed by atoms with Gasteiger partial charge < -0.3 is 4.42 Å². The third-order valence-electron chi connectivity index (χ3n) is 4.02. The molecule has 0 atom stereocenters. The van der Waals surface area contributed by atoms with Crippen LogP contribution in [0.2, 0.25) is 0 Å². The molecule has 0 aromatic carbocycles. The lowest BCUT2D eigenvalue weighted by atomic mass is 10.2. The van der Waals surface area contributed by atoms with E-state index in [2.05, 4.69) is 32.3 Å². The van der Waals surface area contributed by atoms with Gasteiger partial charge in [0.1, 0.15) is 11.4 Å². The highest BCUT2D eigenvalue weighted by Crippen LogP contribution is 2.32.